The number of hydrogen-bond donors (Lipinski definition) is 0. The third-order valence-corrected chi connectivity index (χ3v) is 1.41. The summed E-state index contributed by atoms with van der Waals surface area (Å²) in [5.74, 6) is -1.99. The lowest BCUT2D eigenvalue weighted by molar-refractivity contribution is 0.101. The maximum Gasteiger partial charge on any atom is 0.157 e. The van der Waals surface area contributed by atoms with Gasteiger partial charge in [-0.3, -0.25) is 4.79 Å². The molecule has 0 heterocycles. The molecule has 0 bridgehead atoms. The van der Waals surface area contributed by atoms with E-state index in [1.165, 1.54) is 0 Å². The van der Waals surface area contributed by atoms with Crippen LogP contribution in [-0.2, 0) is 0 Å². The summed E-state index contributed by atoms with van der Waals surface area (Å²) < 4.78 is 25.2. The molecule has 0 saturated heterocycles. The zero-order valence-electron chi connectivity index (χ0n) is 6.18. The molecule has 1 nitrogen and oxygen atoms in total. The molecule has 0 aliphatic rings. The van der Waals surface area contributed by atoms with E-state index in [1.807, 2.05) is 0 Å². The molecule has 0 amide bonds. The van der Waals surface area contributed by atoms with Crippen LogP contribution in [0.15, 0.2) is 18.2 Å². The van der Waals surface area contributed by atoms with E-state index >= 15 is 0 Å². The van der Waals surface area contributed by atoms with Crippen LogP contribution in [0.1, 0.15) is 10.4 Å². The molecule has 0 spiro atoms. The van der Waals surface area contributed by atoms with E-state index < -0.39 is 17.4 Å². The van der Waals surface area contributed by atoms with E-state index in [2.05, 4.69) is 0 Å². The molecule has 4 heteroatoms. The predicted molar refractivity (Wildman–Crippen MR) is 41.2 cm³/mol. The summed E-state index contributed by atoms with van der Waals surface area (Å²) >= 11 is 0. The zero-order valence-corrected chi connectivity index (χ0v) is 6.18. The quantitative estimate of drug-likeness (QED) is 0.482. The fourth-order valence-electron chi connectivity index (χ4n) is 0.821. The van der Waals surface area contributed by atoms with Crippen LogP contribution in [0.5, 0.6) is 0 Å². The molecule has 0 atom stereocenters. The number of carbonyl (C=O) groups excluding carboxylic acids is 1. The molecule has 1 aromatic carbocycles. The zero-order chi connectivity index (χ0) is 9.14. The second-order valence-corrected chi connectivity index (χ2v) is 2.25. The minimum absolute atomic E-state index is 0.294. The Kier molecular flexibility index (Phi) is 2.58. The summed E-state index contributed by atoms with van der Waals surface area (Å²) in [5.41, 5.74) is -0.294. The Hall–Kier alpha value is -1.19. The van der Waals surface area contributed by atoms with Crippen LogP contribution in [-0.4, -0.2) is 13.6 Å². The van der Waals surface area contributed by atoms with E-state index in [-0.39, 0.29) is 11.9 Å². The highest BCUT2D eigenvalue weighted by Gasteiger charge is 2.09. The molecule has 2 radical (unpaired) electrons. The number of carbonyl (C=O) groups is 1. The van der Waals surface area contributed by atoms with Gasteiger partial charge >= 0.3 is 0 Å². The van der Waals surface area contributed by atoms with Crippen molar-refractivity contribution in [1.29, 1.82) is 0 Å². The third-order valence-electron chi connectivity index (χ3n) is 1.41. The molecule has 12 heavy (non-hydrogen) atoms. The Balaban J connectivity index is 3.13. The van der Waals surface area contributed by atoms with Crippen molar-refractivity contribution in [3.63, 3.8) is 0 Å². The number of ketones is 1. The molecule has 0 fully saturated rings. The van der Waals surface area contributed by atoms with Gasteiger partial charge in [0.25, 0.3) is 0 Å². The molecule has 1 rings (SSSR count). The summed E-state index contributed by atoms with van der Waals surface area (Å²) in [4.78, 5) is 10.9. The second kappa shape index (κ2) is 3.47. The van der Waals surface area contributed by atoms with E-state index in [0.29, 0.717) is 0 Å². The van der Waals surface area contributed by atoms with E-state index in [0.717, 1.165) is 18.2 Å². The van der Waals surface area contributed by atoms with Gasteiger partial charge in [-0.1, -0.05) is 0 Å². The first kappa shape index (κ1) is 8.91. The molecule has 0 unspecified atom stereocenters. The first-order valence-corrected chi connectivity index (χ1v) is 3.33. The van der Waals surface area contributed by atoms with Crippen molar-refractivity contribution in [2.24, 2.45) is 0 Å². The first-order chi connectivity index (χ1) is 5.65. The maximum absolute atomic E-state index is 12.8. The van der Waals surface area contributed by atoms with Crippen LogP contribution in [0.25, 0.3) is 0 Å². The third kappa shape index (κ3) is 1.70. The molecule has 60 valence electrons. The average molecular weight is 166 g/mol. The van der Waals surface area contributed by atoms with Crippen LogP contribution in [0.3, 0.4) is 0 Å². The molecule has 0 aromatic heterocycles. The standard InChI is InChI=1S/C8H5BF2O/c9-4-8(12)6-3-5(10)1-2-7(6)11/h1-3H,4H2. The highest BCUT2D eigenvalue weighted by atomic mass is 19.1. The number of rotatable bonds is 2. The minimum atomic E-state index is -0.744. The first-order valence-electron chi connectivity index (χ1n) is 3.33. The van der Waals surface area contributed by atoms with Gasteiger partial charge in [0.15, 0.2) is 5.78 Å². The number of benzene rings is 1. The van der Waals surface area contributed by atoms with Gasteiger partial charge in [0.1, 0.15) is 11.6 Å². The predicted octanol–water partition coefficient (Wildman–Crippen LogP) is 1.73. The Morgan fingerprint density at radius 1 is 1.42 bits per heavy atom. The second-order valence-electron chi connectivity index (χ2n) is 2.25. The van der Waals surface area contributed by atoms with Gasteiger partial charge in [0, 0.05) is 0 Å². The van der Waals surface area contributed by atoms with Crippen molar-refractivity contribution in [2.75, 3.05) is 0 Å². The number of halogens is 2. The van der Waals surface area contributed by atoms with Crippen LogP contribution >= 0.6 is 0 Å². The lowest BCUT2D eigenvalue weighted by Crippen LogP contribution is -2.01. The average Bonchev–Trinajstić information content (AvgIpc) is 2.08. The summed E-state index contributed by atoms with van der Waals surface area (Å²) in [6, 6.07) is 2.69. The Morgan fingerprint density at radius 3 is 2.67 bits per heavy atom. The van der Waals surface area contributed by atoms with Crippen molar-refractivity contribution >= 4 is 13.6 Å². The van der Waals surface area contributed by atoms with Gasteiger partial charge < -0.3 is 0 Å². The topological polar surface area (TPSA) is 17.1 Å². The Morgan fingerprint density at radius 2 is 2.08 bits per heavy atom. The fourth-order valence-corrected chi connectivity index (χ4v) is 0.821. The lowest BCUT2D eigenvalue weighted by atomic mass is 9.95. The SMILES string of the molecule is [B]CC(=O)c1cc(F)ccc1F. The summed E-state index contributed by atoms with van der Waals surface area (Å²) in [7, 11) is 4.98. The van der Waals surface area contributed by atoms with Gasteiger partial charge in [-0.2, -0.15) is 0 Å². The van der Waals surface area contributed by atoms with Crippen LogP contribution in [0, 0.1) is 11.6 Å². The number of hydrogen-bond acceptors (Lipinski definition) is 1. The van der Waals surface area contributed by atoms with Crippen molar-refractivity contribution in [2.45, 2.75) is 6.32 Å². The van der Waals surface area contributed by atoms with Gasteiger partial charge in [-0.05, 0) is 24.5 Å². The molecular formula is C8H5BF2O. The van der Waals surface area contributed by atoms with E-state index in [1.54, 1.807) is 0 Å². The molecule has 0 aliphatic carbocycles. The van der Waals surface area contributed by atoms with Crippen LogP contribution < -0.4 is 0 Å². The summed E-state index contributed by atoms with van der Waals surface area (Å²) in [5, 5.41) is 0. The van der Waals surface area contributed by atoms with Crippen molar-refractivity contribution in [1.82, 2.24) is 0 Å². The molecule has 0 aliphatic heterocycles. The van der Waals surface area contributed by atoms with Crippen LogP contribution in [0.2, 0.25) is 6.32 Å². The number of Topliss-reactive ketones (excluding diaryl/α,β-unsaturated/α-hetero) is 1. The minimum Gasteiger partial charge on any atom is -0.295 e. The van der Waals surface area contributed by atoms with Gasteiger partial charge in [-0.15, -0.1) is 0 Å². The molecule has 0 N–H and O–H groups in total. The fraction of sp³-hybridized carbons (Fsp3) is 0.125. The molecular weight excluding hydrogens is 161 g/mol. The monoisotopic (exact) mass is 166 g/mol. The van der Waals surface area contributed by atoms with Gasteiger partial charge in [0.2, 0.25) is 0 Å². The molecule has 1 aromatic rings. The Bertz CT molecular complexity index is 312. The van der Waals surface area contributed by atoms with E-state index in [4.69, 9.17) is 7.85 Å². The van der Waals surface area contributed by atoms with Crippen molar-refractivity contribution in [3.8, 4) is 0 Å². The van der Waals surface area contributed by atoms with Gasteiger partial charge in [0.05, 0.1) is 13.4 Å². The Labute approximate surface area is 69.8 Å². The highest BCUT2D eigenvalue weighted by Crippen LogP contribution is 2.11. The van der Waals surface area contributed by atoms with E-state index in [9.17, 15) is 13.6 Å². The van der Waals surface area contributed by atoms with Gasteiger partial charge in [-0.25, -0.2) is 8.78 Å². The molecule has 0 saturated carbocycles. The normalized spacial score (nSPS) is 9.83. The largest absolute Gasteiger partial charge is 0.295 e. The van der Waals surface area contributed by atoms with Crippen molar-refractivity contribution in [3.05, 3.63) is 35.4 Å². The summed E-state index contributed by atoms with van der Waals surface area (Å²) in [6.45, 7) is 0. The van der Waals surface area contributed by atoms with Crippen molar-refractivity contribution < 1.29 is 13.6 Å². The lowest BCUT2D eigenvalue weighted by Gasteiger charge is -1.99. The highest BCUT2D eigenvalue weighted by molar-refractivity contribution is 6.24. The van der Waals surface area contributed by atoms with Crippen LogP contribution in [0.4, 0.5) is 8.78 Å². The summed E-state index contributed by atoms with van der Waals surface area (Å²) in [6.07, 6.45) is -0.319. The maximum atomic E-state index is 12.8. The smallest absolute Gasteiger partial charge is 0.157 e.